The van der Waals surface area contributed by atoms with Gasteiger partial charge in [-0.1, -0.05) is 18.2 Å². The Morgan fingerprint density at radius 1 is 0.816 bits per heavy atom. The molecule has 1 aliphatic heterocycles. The van der Waals surface area contributed by atoms with Gasteiger partial charge in [-0.15, -0.1) is 13.2 Å². The fourth-order valence-corrected chi connectivity index (χ4v) is 4.34. The van der Waals surface area contributed by atoms with Crippen LogP contribution >= 0.6 is 0 Å². The van der Waals surface area contributed by atoms with E-state index in [0.29, 0.717) is 31.1 Å². The van der Waals surface area contributed by atoms with Crippen LogP contribution < -0.4 is 15.0 Å². The summed E-state index contributed by atoms with van der Waals surface area (Å²) in [5.41, 5.74) is 1.54. The summed E-state index contributed by atoms with van der Waals surface area (Å²) in [5.74, 6) is 0.401. The van der Waals surface area contributed by atoms with Gasteiger partial charge in [0.2, 0.25) is 0 Å². The van der Waals surface area contributed by atoms with Gasteiger partial charge in [-0.2, -0.15) is 13.2 Å². The Labute approximate surface area is 217 Å². The topological polar surface area (TPSA) is 40.6 Å². The second-order valence-electron chi connectivity index (χ2n) is 9.01. The lowest BCUT2D eigenvalue weighted by Gasteiger charge is -2.36. The van der Waals surface area contributed by atoms with E-state index in [0.717, 1.165) is 49.7 Å². The van der Waals surface area contributed by atoms with Gasteiger partial charge in [-0.3, -0.25) is 4.90 Å². The summed E-state index contributed by atoms with van der Waals surface area (Å²) >= 11 is 0. The minimum atomic E-state index is -4.73. The van der Waals surface area contributed by atoms with Crippen LogP contribution in [0.4, 0.5) is 37.8 Å². The summed E-state index contributed by atoms with van der Waals surface area (Å²) in [6.45, 7) is 4.55. The molecule has 5 nitrogen and oxygen atoms in total. The third kappa shape index (κ3) is 8.01. The predicted octanol–water partition coefficient (Wildman–Crippen LogP) is 6.68. The summed E-state index contributed by atoms with van der Waals surface area (Å²) in [7, 11) is 0. The first-order chi connectivity index (χ1) is 18.1. The molecule has 0 bridgehead atoms. The number of pyridine rings is 1. The van der Waals surface area contributed by atoms with Crippen LogP contribution in [0.5, 0.6) is 5.75 Å². The van der Waals surface area contributed by atoms with Gasteiger partial charge in [-0.25, -0.2) is 4.98 Å². The number of unbranched alkanes of at least 4 members (excludes halogenated alkanes) is 1. The molecule has 11 heteroatoms. The van der Waals surface area contributed by atoms with Crippen LogP contribution in [-0.4, -0.2) is 55.5 Å². The van der Waals surface area contributed by atoms with E-state index >= 15 is 0 Å². The second kappa shape index (κ2) is 11.9. The molecule has 38 heavy (non-hydrogen) atoms. The van der Waals surface area contributed by atoms with E-state index in [1.54, 1.807) is 30.5 Å². The van der Waals surface area contributed by atoms with Crippen LogP contribution in [0.15, 0.2) is 66.9 Å². The summed E-state index contributed by atoms with van der Waals surface area (Å²) < 4.78 is 79.9. The average molecular weight is 539 g/mol. The van der Waals surface area contributed by atoms with Gasteiger partial charge in [0.15, 0.2) is 0 Å². The number of rotatable bonds is 9. The molecule has 0 spiro atoms. The van der Waals surface area contributed by atoms with Crippen molar-refractivity contribution in [3.8, 4) is 16.9 Å². The highest BCUT2D eigenvalue weighted by Crippen LogP contribution is 2.32. The lowest BCUT2D eigenvalue weighted by molar-refractivity contribution is -0.274. The van der Waals surface area contributed by atoms with Crippen molar-refractivity contribution >= 4 is 11.5 Å². The van der Waals surface area contributed by atoms with E-state index in [1.165, 1.54) is 24.3 Å². The number of anilines is 2. The Hall–Kier alpha value is -3.47. The molecule has 4 rings (SSSR count). The lowest BCUT2D eigenvalue weighted by atomic mass is 10.1. The first-order valence-corrected chi connectivity index (χ1v) is 12.3. The molecule has 1 saturated heterocycles. The van der Waals surface area contributed by atoms with E-state index < -0.39 is 18.1 Å². The van der Waals surface area contributed by atoms with Crippen molar-refractivity contribution in [1.82, 2.24) is 9.88 Å². The van der Waals surface area contributed by atoms with Crippen molar-refractivity contribution in [1.29, 1.82) is 0 Å². The summed E-state index contributed by atoms with van der Waals surface area (Å²) in [4.78, 5) is 8.61. The smallest absolute Gasteiger partial charge is 0.406 e. The molecule has 0 saturated carbocycles. The van der Waals surface area contributed by atoms with Crippen LogP contribution in [0.1, 0.15) is 18.4 Å². The van der Waals surface area contributed by atoms with Crippen LogP contribution in [0.25, 0.3) is 11.1 Å². The molecular weight excluding hydrogens is 510 g/mol. The first-order valence-electron chi connectivity index (χ1n) is 12.3. The molecule has 0 aliphatic carbocycles. The summed E-state index contributed by atoms with van der Waals surface area (Å²) in [6.07, 6.45) is -5.57. The third-order valence-corrected chi connectivity index (χ3v) is 6.30. The number of aromatic nitrogens is 1. The number of benzene rings is 2. The molecule has 2 aromatic carbocycles. The quantitative estimate of drug-likeness (QED) is 0.243. The lowest BCUT2D eigenvalue weighted by Crippen LogP contribution is -2.46. The molecule has 1 aromatic heterocycles. The highest BCUT2D eigenvalue weighted by atomic mass is 19.4. The molecule has 2 heterocycles. The number of hydrogen-bond donors (Lipinski definition) is 1. The number of nitrogens with zero attached hydrogens (tertiary/aromatic N) is 3. The second-order valence-corrected chi connectivity index (χ2v) is 9.01. The van der Waals surface area contributed by atoms with Crippen LogP contribution in [-0.2, 0) is 6.18 Å². The highest BCUT2D eigenvalue weighted by Gasteiger charge is 2.31. The average Bonchev–Trinajstić information content (AvgIpc) is 2.88. The van der Waals surface area contributed by atoms with Gasteiger partial charge in [-0.05, 0) is 73.0 Å². The maximum absolute atomic E-state index is 13.0. The van der Waals surface area contributed by atoms with Gasteiger partial charge in [0.05, 0.1) is 5.56 Å². The molecule has 1 fully saturated rings. The van der Waals surface area contributed by atoms with Crippen molar-refractivity contribution < 1.29 is 31.1 Å². The van der Waals surface area contributed by atoms with Gasteiger partial charge in [0.25, 0.3) is 0 Å². The van der Waals surface area contributed by atoms with Gasteiger partial charge in [0.1, 0.15) is 11.6 Å². The van der Waals surface area contributed by atoms with Crippen molar-refractivity contribution in [3.63, 3.8) is 0 Å². The minimum Gasteiger partial charge on any atom is -0.406 e. The summed E-state index contributed by atoms with van der Waals surface area (Å²) in [6, 6.07) is 14.8. The molecule has 204 valence electrons. The monoisotopic (exact) mass is 538 g/mol. The largest absolute Gasteiger partial charge is 0.573 e. The predicted molar refractivity (Wildman–Crippen MR) is 134 cm³/mol. The maximum Gasteiger partial charge on any atom is 0.573 e. The molecule has 0 atom stereocenters. The van der Waals surface area contributed by atoms with Crippen molar-refractivity contribution in [2.75, 3.05) is 49.5 Å². The first kappa shape index (κ1) is 27.6. The standard InChI is InChI=1S/C27H28F6N4O/c28-26(29,30)22-4-3-5-23(19-22)37-16-14-36(15-17-37)13-2-1-11-34-25-18-21(10-12-35-25)20-6-8-24(9-7-20)38-27(31,32)33/h3-10,12,18-19H,1-2,11,13-17H2,(H,34,35). The zero-order valence-corrected chi connectivity index (χ0v) is 20.5. The Bertz CT molecular complexity index is 1180. The number of piperazine rings is 1. The van der Waals surface area contributed by atoms with E-state index in [2.05, 4.69) is 19.9 Å². The Morgan fingerprint density at radius 2 is 1.55 bits per heavy atom. The molecular formula is C27H28F6N4O. The SMILES string of the molecule is FC(F)(F)Oc1ccc(-c2ccnc(NCCCCN3CCN(c4cccc(C(F)(F)F)c4)CC3)c2)cc1. The van der Waals surface area contributed by atoms with Crippen molar-refractivity contribution in [3.05, 3.63) is 72.4 Å². The third-order valence-electron chi connectivity index (χ3n) is 6.30. The van der Waals surface area contributed by atoms with Gasteiger partial charge in [0, 0.05) is 44.6 Å². The zero-order valence-electron chi connectivity index (χ0n) is 20.5. The van der Waals surface area contributed by atoms with Crippen molar-refractivity contribution in [2.45, 2.75) is 25.4 Å². The number of hydrogen-bond acceptors (Lipinski definition) is 5. The normalized spacial score (nSPS) is 14.9. The maximum atomic E-state index is 13.0. The Kier molecular flexibility index (Phi) is 8.65. The fourth-order valence-electron chi connectivity index (χ4n) is 4.34. The zero-order chi connectivity index (χ0) is 27.2. The number of alkyl halides is 6. The summed E-state index contributed by atoms with van der Waals surface area (Å²) in [5, 5.41) is 3.28. The van der Waals surface area contributed by atoms with E-state index in [-0.39, 0.29) is 5.75 Å². The molecule has 0 unspecified atom stereocenters. The molecule has 0 radical (unpaired) electrons. The molecule has 3 aromatic rings. The van der Waals surface area contributed by atoms with Crippen molar-refractivity contribution in [2.24, 2.45) is 0 Å². The Morgan fingerprint density at radius 3 is 2.24 bits per heavy atom. The number of nitrogens with one attached hydrogen (secondary N) is 1. The van der Waals surface area contributed by atoms with Crippen LogP contribution in [0.2, 0.25) is 0 Å². The van der Waals surface area contributed by atoms with Gasteiger partial charge < -0.3 is 15.0 Å². The fraction of sp³-hybridized carbons (Fsp3) is 0.370. The molecule has 1 aliphatic rings. The molecule has 1 N–H and O–H groups in total. The van der Waals surface area contributed by atoms with E-state index in [4.69, 9.17) is 0 Å². The van der Waals surface area contributed by atoms with E-state index in [1.807, 2.05) is 11.0 Å². The molecule has 0 amide bonds. The van der Waals surface area contributed by atoms with E-state index in [9.17, 15) is 26.3 Å². The Balaban J connectivity index is 1.17. The van der Waals surface area contributed by atoms with Crippen LogP contribution in [0, 0.1) is 0 Å². The number of halogens is 6. The number of ether oxygens (including phenoxy) is 1. The highest BCUT2D eigenvalue weighted by molar-refractivity contribution is 5.66. The van der Waals surface area contributed by atoms with Gasteiger partial charge >= 0.3 is 12.5 Å². The minimum absolute atomic E-state index is 0.272. The van der Waals surface area contributed by atoms with Crippen LogP contribution in [0.3, 0.4) is 0 Å².